The quantitative estimate of drug-likeness (QED) is 0.803. The van der Waals surface area contributed by atoms with Crippen LogP contribution in [0.4, 0.5) is 0 Å². The number of aliphatic hydroxyl groups is 1. The minimum Gasteiger partial charge on any atom is -0.507 e. The molecule has 1 aliphatic heterocycles. The predicted molar refractivity (Wildman–Crippen MR) is 112 cm³/mol. The molecule has 1 aromatic carbocycles. The second-order valence-corrected chi connectivity index (χ2v) is 8.30. The zero-order valence-corrected chi connectivity index (χ0v) is 17.7. The molecule has 2 N–H and O–H groups in total. The molecule has 6 nitrogen and oxygen atoms in total. The topological polar surface area (TPSA) is 80.9 Å². The lowest BCUT2D eigenvalue weighted by Gasteiger charge is -2.42. The van der Waals surface area contributed by atoms with Crippen molar-refractivity contribution in [1.82, 2.24) is 4.73 Å². The van der Waals surface area contributed by atoms with Crippen molar-refractivity contribution in [2.45, 2.75) is 52.4 Å². The van der Waals surface area contributed by atoms with Crippen molar-refractivity contribution in [2.24, 2.45) is 17.8 Å². The summed E-state index contributed by atoms with van der Waals surface area (Å²) in [6.45, 7) is 7.82. The average Bonchev–Trinajstić information content (AvgIpc) is 2.69. The van der Waals surface area contributed by atoms with Gasteiger partial charge in [0.15, 0.2) is 0 Å². The van der Waals surface area contributed by atoms with Gasteiger partial charge in [-0.3, -0.25) is 4.79 Å². The summed E-state index contributed by atoms with van der Waals surface area (Å²) >= 11 is 0. The van der Waals surface area contributed by atoms with E-state index < -0.39 is 17.8 Å². The monoisotopic (exact) mass is 401 g/mol. The Balaban J connectivity index is 2.12. The zero-order valence-electron chi connectivity index (χ0n) is 17.7. The molecule has 0 unspecified atom stereocenters. The van der Waals surface area contributed by atoms with E-state index in [4.69, 9.17) is 9.57 Å². The maximum Gasteiger partial charge on any atom is 0.292 e. The average molecular weight is 402 g/mol. The number of ether oxygens (including phenoxy) is 1. The van der Waals surface area contributed by atoms with Crippen molar-refractivity contribution in [3.63, 3.8) is 0 Å². The van der Waals surface area contributed by atoms with Crippen molar-refractivity contribution >= 4 is 0 Å². The molecule has 6 atom stereocenters. The highest BCUT2D eigenvalue weighted by molar-refractivity contribution is 5.70. The molecule has 158 valence electrons. The fourth-order valence-electron chi connectivity index (χ4n) is 4.37. The Hall–Kier alpha value is -2.31. The van der Waals surface area contributed by atoms with Crippen LogP contribution in [0.15, 0.2) is 41.3 Å². The maximum atomic E-state index is 13.1. The fraction of sp³-hybridized carbons (Fsp3) is 0.522. The molecule has 29 heavy (non-hydrogen) atoms. The van der Waals surface area contributed by atoms with Gasteiger partial charge in [0.05, 0.1) is 30.1 Å². The molecule has 6 heteroatoms. The van der Waals surface area contributed by atoms with E-state index in [-0.39, 0.29) is 35.2 Å². The first-order chi connectivity index (χ1) is 13.8. The molecule has 1 saturated heterocycles. The SMILES string of the molecule is COn1cc(-c2ccccc2)c(O)c([C@@H]2O[C@@H]([C@@H](C)[C@@H](C)O)[C@@H](C)C[C@H]2C)c1=O. The van der Waals surface area contributed by atoms with Crippen LogP contribution < -0.4 is 10.4 Å². The van der Waals surface area contributed by atoms with Crippen LogP contribution in [0.25, 0.3) is 11.1 Å². The van der Waals surface area contributed by atoms with Gasteiger partial charge >= 0.3 is 0 Å². The third kappa shape index (κ3) is 4.05. The summed E-state index contributed by atoms with van der Waals surface area (Å²) in [5.74, 6) is 0.0841. The lowest BCUT2D eigenvalue weighted by molar-refractivity contribution is -0.146. The third-order valence-corrected chi connectivity index (χ3v) is 6.16. The van der Waals surface area contributed by atoms with E-state index >= 15 is 0 Å². The Labute approximate surface area is 171 Å². The fourth-order valence-corrected chi connectivity index (χ4v) is 4.37. The molecule has 2 aromatic rings. The lowest BCUT2D eigenvalue weighted by Crippen LogP contribution is -2.43. The molecular weight excluding hydrogens is 370 g/mol. The second kappa shape index (κ2) is 8.59. The van der Waals surface area contributed by atoms with Gasteiger partial charge < -0.3 is 19.8 Å². The molecule has 0 bridgehead atoms. The molecule has 0 radical (unpaired) electrons. The van der Waals surface area contributed by atoms with Crippen molar-refractivity contribution < 1.29 is 19.8 Å². The van der Waals surface area contributed by atoms with Gasteiger partial charge in [-0.05, 0) is 30.7 Å². The highest BCUT2D eigenvalue weighted by Gasteiger charge is 2.41. The summed E-state index contributed by atoms with van der Waals surface area (Å²) in [6, 6.07) is 9.38. The van der Waals surface area contributed by atoms with E-state index in [1.165, 1.54) is 13.3 Å². The molecule has 0 saturated carbocycles. The molecule has 1 aliphatic rings. The van der Waals surface area contributed by atoms with Crippen molar-refractivity contribution in [1.29, 1.82) is 0 Å². The van der Waals surface area contributed by atoms with Crippen molar-refractivity contribution in [3.8, 4) is 16.9 Å². The van der Waals surface area contributed by atoms with Gasteiger partial charge in [0.2, 0.25) is 0 Å². The standard InChI is InChI=1S/C23H31NO5/c1-13-11-14(2)22(29-21(13)15(3)16(4)25)19-20(26)18(12-24(28-5)23(19)27)17-9-7-6-8-10-17/h6-10,12-16,21-22,25-26H,11H2,1-5H3/t13-,14+,15-,16+,21+,22+/m0/s1. The molecule has 2 heterocycles. The Morgan fingerprint density at radius 2 is 1.83 bits per heavy atom. The van der Waals surface area contributed by atoms with Gasteiger partial charge in [-0.1, -0.05) is 51.1 Å². The first kappa shape index (κ1) is 21.4. The Kier molecular flexibility index (Phi) is 6.34. The van der Waals surface area contributed by atoms with E-state index in [1.54, 1.807) is 6.92 Å². The van der Waals surface area contributed by atoms with Crippen LogP contribution in [0, 0.1) is 17.8 Å². The minimum absolute atomic E-state index is 0.0254. The number of rotatable bonds is 5. The highest BCUT2D eigenvalue weighted by atomic mass is 16.6. The highest BCUT2D eigenvalue weighted by Crippen LogP contribution is 2.44. The molecule has 1 fully saturated rings. The summed E-state index contributed by atoms with van der Waals surface area (Å²) in [4.78, 5) is 18.3. The Morgan fingerprint density at radius 1 is 1.17 bits per heavy atom. The van der Waals surface area contributed by atoms with Crippen LogP contribution in [0.5, 0.6) is 5.75 Å². The smallest absolute Gasteiger partial charge is 0.292 e. The summed E-state index contributed by atoms with van der Waals surface area (Å²) < 4.78 is 7.52. The Bertz CT molecular complexity index is 892. The van der Waals surface area contributed by atoms with Gasteiger partial charge in [-0.25, -0.2) is 0 Å². The van der Waals surface area contributed by atoms with Crippen LogP contribution in [-0.4, -0.2) is 34.3 Å². The summed E-state index contributed by atoms with van der Waals surface area (Å²) in [5.41, 5.74) is 1.06. The number of hydrogen-bond acceptors (Lipinski definition) is 5. The molecule has 0 amide bonds. The van der Waals surface area contributed by atoms with E-state index in [0.717, 1.165) is 16.7 Å². The molecule has 1 aromatic heterocycles. The van der Waals surface area contributed by atoms with Crippen LogP contribution >= 0.6 is 0 Å². The third-order valence-electron chi connectivity index (χ3n) is 6.16. The molecule has 3 rings (SSSR count). The van der Waals surface area contributed by atoms with Crippen molar-refractivity contribution in [3.05, 3.63) is 52.4 Å². The van der Waals surface area contributed by atoms with Gasteiger partial charge in [0.25, 0.3) is 5.56 Å². The first-order valence-corrected chi connectivity index (χ1v) is 10.2. The van der Waals surface area contributed by atoms with E-state index in [1.807, 2.05) is 44.2 Å². The predicted octanol–water partition coefficient (Wildman–Crippen LogP) is 3.40. The second-order valence-electron chi connectivity index (χ2n) is 8.30. The molecule has 0 aliphatic carbocycles. The number of hydrogen-bond donors (Lipinski definition) is 2. The maximum absolute atomic E-state index is 13.1. The number of aromatic hydroxyl groups is 1. The minimum atomic E-state index is -0.588. The molecular formula is C23H31NO5. The zero-order chi connectivity index (χ0) is 21.3. The molecule has 0 spiro atoms. The van der Waals surface area contributed by atoms with Gasteiger partial charge in [-0.2, -0.15) is 4.73 Å². The van der Waals surface area contributed by atoms with E-state index in [0.29, 0.717) is 5.56 Å². The van der Waals surface area contributed by atoms with Crippen LogP contribution in [-0.2, 0) is 4.74 Å². The summed E-state index contributed by atoms with van der Waals surface area (Å²) in [6.07, 6.45) is 0.994. The number of benzene rings is 1. The largest absolute Gasteiger partial charge is 0.507 e. The number of aromatic nitrogens is 1. The summed E-state index contributed by atoms with van der Waals surface area (Å²) in [5, 5.41) is 21.2. The van der Waals surface area contributed by atoms with Crippen LogP contribution in [0.3, 0.4) is 0 Å². The number of aliphatic hydroxyl groups excluding tert-OH is 1. The lowest BCUT2D eigenvalue weighted by atomic mass is 9.78. The van der Waals surface area contributed by atoms with Gasteiger partial charge in [-0.15, -0.1) is 0 Å². The van der Waals surface area contributed by atoms with Crippen molar-refractivity contribution in [2.75, 3.05) is 7.11 Å². The van der Waals surface area contributed by atoms with E-state index in [2.05, 4.69) is 6.92 Å². The van der Waals surface area contributed by atoms with Gasteiger partial charge in [0, 0.05) is 11.5 Å². The first-order valence-electron chi connectivity index (χ1n) is 10.2. The number of pyridine rings is 1. The number of nitrogens with zero attached hydrogens (tertiary/aromatic N) is 1. The van der Waals surface area contributed by atoms with E-state index in [9.17, 15) is 15.0 Å². The van der Waals surface area contributed by atoms with Gasteiger partial charge in [0.1, 0.15) is 12.9 Å². The summed E-state index contributed by atoms with van der Waals surface area (Å²) in [7, 11) is 1.42. The van der Waals surface area contributed by atoms with Crippen LogP contribution in [0.1, 0.15) is 45.8 Å². The Morgan fingerprint density at radius 3 is 2.41 bits per heavy atom. The normalized spacial score (nSPS) is 26.7. The van der Waals surface area contributed by atoms with Crippen LogP contribution in [0.2, 0.25) is 0 Å².